The summed E-state index contributed by atoms with van der Waals surface area (Å²) in [4.78, 5) is 27.4. The van der Waals surface area contributed by atoms with Crippen molar-refractivity contribution in [3.8, 4) is 0 Å². The first kappa shape index (κ1) is 16.3. The van der Waals surface area contributed by atoms with Gasteiger partial charge in [0.05, 0.1) is 22.8 Å². The van der Waals surface area contributed by atoms with E-state index in [1.165, 1.54) is 12.3 Å². The lowest BCUT2D eigenvalue weighted by Crippen LogP contribution is -2.12. The Bertz CT molecular complexity index is 702. The summed E-state index contributed by atoms with van der Waals surface area (Å²) in [6, 6.07) is 7.78. The highest BCUT2D eigenvalue weighted by Gasteiger charge is 2.10. The molecule has 1 aromatic carbocycles. The predicted octanol–water partition coefficient (Wildman–Crippen LogP) is 3.82. The third-order valence-electron chi connectivity index (χ3n) is 2.71. The summed E-state index contributed by atoms with van der Waals surface area (Å²) >= 11 is 11.5. The highest BCUT2D eigenvalue weighted by molar-refractivity contribution is 6.41. The zero-order chi connectivity index (χ0) is 16.1. The molecule has 1 heterocycles. The van der Waals surface area contributed by atoms with Gasteiger partial charge in [0, 0.05) is 11.9 Å². The Balaban J connectivity index is 2.08. The molecule has 0 atom stereocenters. The molecule has 0 bridgehead atoms. The van der Waals surface area contributed by atoms with Gasteiger partial charge in [0.1, 0.15) is 5.15 Å². The van der Waals surface area contributed by atoms with Crippen LogP contribution in [0.25, 0.3) is 0 Å². The number of nitrogens with zero attached hydrogens (tertiary/aromatic N) is 1. The van der Waals surface area contributed by atoms with Gasteiger partial charge in [-0.05, 0) is 37.3 Å². The Morgan fingerprint density at radius 1 is 1.18 bits per heavy atom. The number of amides is 1. The van der Waals surface area contributed by atoms with Gasteiger partial charge in [-0.25, -0.2) is 9.78 Å². The van der Waals surface area contributed by atoms with Crippen LogP contribution in [-0.2, 0) is 4.74 Å². The molecule has 7 heteroatoms. The molecule has 0 spiro atoms. The number of benzene rings is 1. The van der Waals surface area contributed by atoms with Crippen molar-refractivity contribution in [2.45, 2.75) is 6.92 Å². The number of carbonyl (C=O) groups excluding carboxylic acids is 2. The Labute approximate surface area is 137 Å². The quantitative estimate of drug-likeness (QED) is 0.679. The number of ether oxygens (including phenoxy) is 1. The van der Waals surface area contributed by atoms with Gasteiger partial charge in [-0.15, -0.1) is 0 Å². The van der Waals surface area contributed by atoms with Gasteiger partial charge in [0.25, 0.3) is 5.91 Å². The van der Waals surface area contributed by atoms with Gasteiger partial charge < -0.3 is 10.1 Å². The van der Waals surface area contributed by atoms with Crippen molar-refractivity contribution in [2.75, 3.05) is 11.9 Å². The monoisotopic (exact) mass is 338 g/mol. The molecule has 1 amide bonds. The molecule has 0 radical (unpaired) electrons. The van der Waals surface area contributed by atoms with Crippen molar-refractivity contribution in [2.24, 2.45) is 0 Å². The number of nitrogens with one attached hydrogen (secondary N) is 1. The number of pyridine rings is 1. The van der Waals surface area contributed by atoms with E-state index in [2.05, 4.69) is 10.3 Å². The van der Waals surface area contributed by atoms with E-state index < -0.39 is 5.97 Å². The fourth-order valence-corrected chi connectivity index (χ4v) is 1.92. The number of aromatic nitrogens is 1. The minimum Gasteiger partial charge on any atom is -0.462 e. The number of carbonyl (C=O) groups is 2. The lowest BCUT2D eigenvalue weighted by Gasteiger charge is -2.07. The van der Waals surface area contributed by atoms with Crippen LogP contribution in [0.5, 0.6) is 0 Å². The molecule has 2 aromatic rings. The van der Waals surface area contributed by atoms with E-state index in [0.717, 1.165) is 0 Å². The Kier molecular flexibility index (Phi) is 5.35. The van der Waals surface area contributed by atoms with E-state index in [4.69, 9.17) is 27.9 Å². The molecular formula is C15H12Cl2N2O3. The molecule has 2 rings (SSSR count). The van der Waals surface area contributed by atoms with Gasteiger partial charge in [-0.3, -0.25) is 4.79 Å². The van der Waals surface area contributed by atoms with Crippen molar-refractivity contribution in [1.82, 2.24) is 4.98 Å². The first-order valence-electron chi connectivity index (χ1n) is 6.41. The summed E-state index contributed by atoms with van der Waals surface area (Å²) in [5, 5.41) is 3.01. The number of hydrogen-bond acceptors (Lipinski definition) is 4. The van der Waals surface area contributed by atoms with Crippen molar-refractivity contribution in [3.63, 3.8) is 0 Å². The average molecular weight is 339 g/mol. The van der Waals surface area contributed by atoms with E-state index in [1.807, 2.05) is 0 Å². The SMILES string of the molecule is CCOC(=O)c1ccc(NC(=O)c2cnc(Cl)c(Cl)c2)cc1. The van der Waals surface area contributed by atoms with Gasteiger partial charge in [-0.2, -0.15) is 0 Å². The van der Waals surface area contributed by atoms with E-state index in [-0.39, 0.29) is 21.6 Å². The molecule has 0 unspecified atom stereocenters. The molecule has 22 heavy (non-hydrogen) atoms. The van der Waals surface area contributed by atoms with Crippen LogP contribution >= 0.6 is 23.2 Å². The second-order valence-corrected chi connectivity index (χ2v) is 5.01. The van der Waals surface area contributed by atoms with Crippen LogP contribution in [-0.4, -0.2) is 23.5 Å². The highest BCUT2D eigenvalue weighted by atomic mass is 35.5. The summed E-state index contributed by atoms with van der Waals surface area (Å²) < 4.78 is 4.88. The Hall–Kier alpha value is -2.11. The summed E-state index contributed by atoms with van der Waals surface area (Å²) in [5.41, 5.74) is 1.23. The molecule has 0 aliphatic rings. The number of anilines is 1. The molecule has 114 valence electrons. The molecular weight excluding hydrogens is 327 g/mol. The van der Waals surface area contributed by atoms with Crippen molar-refractivity contribution in [3.05, 3.63) is 57.8 Å². The topological polar surface area (TPSA) is 68.3 Å². The van der Waals surface area contributed by atoms with Crippen LogP contribution in [0.2, 0.25) is 10.2 Å². The van der Waals surface area contributed by atoms with E-state index >= 15 is 0 Å². The van der Waals surface area contributed by atoms with Gasteiger partial charge in [-0.1, -0.05) is 23.2 Å². The maximum atomic E-state index is 12.1. The largest absolute Gasteiger partial charge is 0.462 e. The first-order valence-corrected chi connectivity index (χ1v) is 7.16. The van der Waals surface area contributed by atoms with E-state index in [1.54, 1.807) is 31.2 Å². The molecule has 0 aliphatic heterocycles. The lowest BCUT2D eigenvalue weighted by molar-refractivity contribution is 0.0526. The van der Waals surface area contributed by atoms with Crippen LogP contribution < -0.4 is 5.32 Å². The van der Waals surface area contributed by atoms with E-state index in [0.29, 0.717) is 17.9 Å². The number of halogens is 2. The summed E-state index contributed by atoms with van der Waals surface area (Å²) in [5.74, 6) is -0.788. The third kappa shape index (κ3) is 3.96. The predicted molar refractivity (Wildman–Crippen MR) is 84.6 cm³/mol. The molecule has 1 aromatic heterocycles. The number of rotatable bonds is 4. The van der Waals surface area contributed by atoms with Crippen LogP contribution in [0, 0.1) is 0 Å². The molecule has 0 saturated heterocycles. The summed E-state index contributed by atoms with van der Waals surface area (Å²) in [6.45, 7) is 2.04. The zero-order valence-electron chi connectivity index (χ0n) is 11.6. The first-order chi connectivity index (χ1) is 10.5. The van der Waals surface area contributed by atoms with Crippen LogP contribution in [0.3, 0.4) is 0 Å². The van der Waals surface area contributed by atoms with Gasteiger partial charge in [0.2, 0.25) is 0 Å². The zero-order valence-corrected chi connectivity index (χ0v) is 13.1. The fourth-order valence-electron chi connectivity index (χ4n) is 1.65. The molecule has 5 nitrogen and oxygen atoms in total. The van der Waals surface area contributed by atoms with Crippen LogP contribution in [0.1, 0.15) is 27.6 Å². The van der Waals surface area contributed by atoms with Gasteiger partial charge in [0.15, 0.2) is 0 Å². The molecule has 0 saturated carbocycles. The smallest absolute Gasteiger partial charge is 0.338 e. The minimum absolute atomic E-state index is 0.136. The van der Waals surface area contributed by atoms with Crippen molar-refractivity contribution >= 4 is 40.8 Å². The molecule has 0 fully saturated rings. The summed E-state index contributed by atoms with van der Waals surface area (Å²) in [6.07, 6.45) is 1.33. The Morgan fingerprint density at radius 2 is 1.86 bits per heavy atom. The second kappa shape index (κ2) is 7.24. The normalized spacial score (nSPS) is 10.1. The Morgan fingerprint density at radius 3 is 2.45 bits per heavy atom. The highest BCUT2D eigenvalue weighted by Crippen LogP contribution is 2.20. The van der Waals surface area contributed by atoms with E-state index in [9.17, 15) is 9.59 Å². The maximum absolute atomic E-state index is 12.1. The standard InChI is InChI=1S/C15H12Cl2N2O3/c1-2-22-15(21)9-3-5-11(6-4-9)19-14(20)10-7-12(16)13(17)18-8-10/h3-8H,2H2,1H3,(H,19,20). The fraction of sp³-hybridized carbons (Fsp3) is 0.133. The molecule has 0 aliphatic carbocycles. The number of hydrogen-bond donors (Lipinski definition) is 1. The van der Waals surface area contributed by atoms with Crippen molar-refractivity contribution in [1.29, 1.82) is 0 Å². The van der Waals surface area contributed by atoms with Crippen LogP contribution in [0.15, 0.2) is 36.5 Å². The second-order valence-electron chi connectivity index (χ2n) is 4.25. The number of esters is 1. The minimum atomic E-state index is -0.408. The van der Waals surface area contributed by atoms with Crippen molar-refractivity contribution < 1.29 is 14.3 Å². The third-order valence-corrected chi connectivity index (χ3v) is 3.40. The lowest BCUT2D eigenvalue weighted by atomic mass is 10.2. The average Bonchev–Trinajstić information content (AvgIpc) is 2.51. The maximum Gasteiger partial charge on any atom is 0.338 e. The summed E-state index contributed by atoms with van der Waals surface area (Å²) in [7, 11) is 0. The van der Waals surface area contributed by atoms with Crippen LogP contribution in [0.4, 0.5) is 5.69 Å². The van der Waals surface area contributed by atoms with Gasteiger partial charge >= 0.3 is 5.97 Å². The molecule has 1 N–H and O–H groups in total.